The van der Waals surface area contributed by atoms with Gasteiger partial charge in [-0.05, 0) is 37.7 Å². The van der Waals surface area contributed by atoms with Crippen LogP contribution in [-0.2, 0) is 51.1 Å². The zero-order valence-electron chi connectivity index (χ0n) is 44.7. The quantitative estimate of drug-likeness (QED) is 0.0209. The van der Waals surface area contributed by atoms with Crippen LogP contribution in [0.5, 0.6) is 0 Å². The van der Waals surface area contributed by atoms with Crippen molar-refractivity contribution >= 4 is 39.2 Å². The molecule has 1 aromatic rings. The summed E-state index contributed by atoms with van der Waals surface area (Å²) >= 11 is 0. The number of unbranched alkanes of at least 4 members (excludes halogenated alkanes) is 15. The maximum absolute atomic E-state index is 14.3. The number of carbonyl (C=O) groups excluding carboxylic acids is 3. The molecule has 2 aliphatic rings. The number of phosphoric acid groups is 2. The van der Waals surface area contributed by atoms with Gasteiger partial charge in [-0.15, -0.1) is 0 Å². The summed E-state index contributed by atoms with van der Waals surface area (Å²) in [6, 6.07) is 1.23. The molecule has 0 spiro atoms. The van der Waals surface area contributed by atoms with Gasteiger partial charge in [0.25, 0.3) is 0 Å². The summed E-state index contributed by atoms with van der Waals surface area (Å²) in [5, 5.41) is 45.6. The van der Waals surface area contributed by atoms with Crippen molar-refractivity contribution in [2.75, 3.05) is 25.6 Å². The Kier molecular flexibility index (Phi) is 32.1. The van der Waals surface area contributed by atoms with Gasteiger partial charge in [-0.25, -0.2) is 13.9 Å². The van der Waals surface area contributed by atoms with Crippen LogP contribution in [0.3, 0.4) is 0 Å². The Hall–Kier alpha value is -2.91. The van der Waals surface area contributed by atoms with E-state index in [1.807, 2.05) is 6.92 Å². The predicted octanol–water partition coefficient (Wildman–Crippen LogP) is 8.45. The second kappa shape index (κ2) is 36.3. The number of nitrogens with two attached hydrogens (primary N) is 1. The molecule has 1 aromatic heterocycles. The predicted molar refractivity (Wildman–Crippen MR) is 281 cm³/mol. The number of ketones is 1. The van der Waals surface area contributed by atoms with Gasteiger partial charge in [0.15, 0.2) is 6.10 Å². The van der Waals surface area contributed by atoms with E-state index in [9.17, 15) is 58.5 Å². The summed E-state index contributed by atoms with van der Waals surface area (Å²) in [6.45, 7) is 3.82. The number of ether oxygens (including phenoxy) is 3. The van der Waals surface area contributed by atoms with Gasteiger partial charge < -0.3 is 50.2 Å². The van der Waals surface area contributed by atoms with E-state index in [1.54, 1.807) is 0 Å². The van der Waals surface area contributed by atoms with Gasteiger partial charge in [-0.1, -0.05) is 161 Å². The minimum Gasteiger partial charge on any atom is -0.462 e. The average Bonchev–Trinajstić information content (AvgIpc) is 3.33. The van der Waals surface area contributed by atoms with E-state index >= 15 is 0 Å². The van der Waals surface area contributed by atoms with Gasteiger partial charge in [0.2, 0.25) is 0 Å². The van der Waals surface area contributed by atoms with Gasteiger partial charge in [0.05, 0.1) is 37.4 Å². The van der Waals surface area contributed by atoms with Gasteiger partial charge in [-0.3, -0.25) is 28.0 Å². The maximum Gasteiger partial charge on any atom is 0.481 e. The Morgan fingerprint density at radius 1 is 0.813 bits per heavy atom. The molecule has 23 heteroatoms. The van der Waals surface area contributed by atoms with Crippen LogP contribution < -0.4 is 11.4 Å². The third-order valence-corrected chi connectivity index (χ3v) is 16.3. The van der Waals surface area contributed by atoms with Crippen molar-refractivity contribution in [2.45, 2.75) is 237 Å². The molecule has 0 aromatic carbocycles. The Balaban J connectivity index is 1.74. The number of aliphatic hydroxyl groups excluding tert-OH is 4. The Morgan fingerprint density at radius 2 is 1.40 bits per heavy atom. The summed E-state index contributed by atoms with van der Waals surface area (Å²) in [5.74, 6) is -4.15. The molecule has 2 bridgehead atoms. The fourth-order valence-electron chi connectivity index (χ4n) is 9.27. The second-order valence-electron chi connectivity index (χ2n) is 20.7. The van der Waals surface area contributed by atoms with E-state index in [0.717, 1.165) is 49.0 Å². The minimum absolute atomic E-state index is 0.000871. The zero-order valence-corrected chi connectivity index (χ0v) is 46.5. The van der Waals surface area contributed by atoms with Crippen LogP contribution in [0.25, 0.3) is 0 Å². The minimum atomic E-state index is -5.71. The summed E-state index contributed by atoms with van der Waals surface area (Å²) < 4.78 is 59.1. The fourth-order valence-corrected chi connectivity index (χ4v) is 11.4. The third-order valence-electron chi connectivity index (χ3n) is 13.7. The number of esters is 2. The first-order valence-electron chi connectivity index (χ1n) is 27.7. The lowest BCUT2D eigenvalue weighted by Crippen LogP contribution is -2.51. The number of rotatable bonds is 25. The van der Waals surface area contributed by atoms with Crippen molar-refractivity contribution in [1.82, 2.24) is 9.55 Å². The molecule has 2 aliphatic heterocycles. The largest absolute Gasteiger partial charge is 0.481 e. The molecule has 3 heterocycles. The highest BCUT2D eigenvalue weighted by atomic mass is 31.3. The molecule has 2 saturated heterocycles. The highest BCUT2D eigenvalue weighted by molar-refractivity contribution is 7.61. The Labute approximate surface area is 443 Å². The van der Waals surface area contributed by atoms with Crippen LogP contribution >= 0.6 is 15.6 Å². The first kappa shape index (κ1) is 66.4. The second-order valence-corrected chi connectivity index (χ2v) is 23.7. The number of carbonyl (C=O) groups is 3. The molecule has 0 amide bonds. The molecule has 2 fully saturated rings. The number of hydrogen-bond donors (Lipinski definition) is 7. The molecule has 21 nitrogen and oxygen atoms in total. The summed E-state index contributed by atoms with van der Waals surface area (Å²) in [4.78, 5) is 78.6. The molecule has 8 N–H and O–H groups in total. The summed E-state index contributed by atoms with van der Waals surface area (Å²) in [6.07, 6.45) is 12.5. The number of aromatic nitrogens is 2. The number of phosphoric ester groups is 2. The Bertz CT molecular complexity index is 1990. The van der Waals surface area contributed by atoms with E-state index < -0.39 is 120 Å². The van der Waals surface area contributed by atoms with Crippen LogP contribution in [0.15, 0.2) is 29.2 Å². The highest BCUT2D eigenvalue weighted by Crippen LogP contribution is 2.60. The van der Waals surface area contributed by atoms with Crippen molar-refractivity contribution in [3.63, 3.8) is 0 Å². The normalized spacial score (nSPS) is 28.9. The number of aliphatic hydroxyl groups is 4. The third kappa shape index (κ3) is 27.5. The van der Waals surface area contributed by atoms with Crippen LogP contribution in [0, 0.1) is 17.8 Å². The van der Waals surface area contributed by atoms with Gasteiger partial charge >= 0.3 is 33.3 Å². The molecular weight excluding hydrogens is 1020 g/mol. The summed E-state index contributed by atoms with van der Waals surface area (Å²) in [7, 11) is -11.3. The lowest BCUT2D eigenvalue weighted by Gasteiger charge is -2.38. The standard InChI is InChI=1S/C52H91N3O18P2/c1-4-5-20-26-39(56)30-31-41-43(57)34-44(58)42-27-22-18-19-23-28-47(59)68-35-40(71-48(60)29-24-17-15-13-11-9-7-6-8-10-12-14-16-21-25-38(2)3)36-69-74(64,65)73-75(66,67)70-37-45(50(62)49(41)61)72-51(42)55-33-32-46(53)54-52(55)63/h30-33,38-43,45,49-51,56-57,61-62H,4-29,34-37H2,1-3H3,(H,64,65)(H,66,67)(H2,53,54,63)/b31-30+/t39-,40+,41-,42-,43+,45+,49-,50+,51+/m0/s1. The Morgan fingerprint density at radius 3 is 2.01 bits per heavy atom. The van der Waals surface area contributed by atoms with Crippen molar-refractivity contribution in [2.24, 2.45) is 17.8 Å². The first-order chi connectivity index (χ1) is 35.7. The van der Waals surface area contributed by atoms with E-state index in [-0.39, 0.29) is 25.1 Å². The molecule has 0 aliphatic carbocycles. The maximum atomic E-state index is 14.3. The molecule has 11 atom stereocenters. The monoisotopic (exact) mass is 1110 g/mol. The average molecular weight is 1110 g/mol. The number of anilines is 1. The van der Waals surface area contributed by atoms with Crippen LogP contribution in [0.2, 0.25) is 0 Å². The fraction of sp³-hybridized carbons (Fsp3) is 0.827. The van der Waals surface area contributed by atoms with E-state index in [2.05, 4.69) is 23.1 Å². The first-order valence-corrected chi connectivity index (χ1v) is 30.7. The lowest BCUT2D eigenvalue weighted by atomic mass is 9.83. The van der Waals surface area contributed by atoms with E-state index in [4.69, 9.17) is 29.0 Å². The van der Waals surface area contributed by atoms with Crippen molar-refractivity contribution in [1.29, 1.82) is 0 Å². The highest BCUT2D eigenvalue weighted by Gasteiger charge is 2.45. The molecule has 0 saturated carbocycles. The molecule has 3 rings (SSSR count). The number of nitrogen functional groups attached to an aromatic ring is 1. The zero-order chi connectivity index (χ0) is 55.2. The lowest BCUT2D eigenvalue weighted by molar-refractivity contribution is -0.184. The number of fused-ring (bicyclic) bond motifs is 3. The molecule has 432 valence electrons. The van der Waals surface area contributed by atoms with E-state index in [1.165, 1.54) is 88.6 Å². The molecule has 75 heavy (non-hydrogen) atoms. The van der Waals surface area contributed by atoms with Crippen LogP contribution in [-0.4, -0.2) is 114 Å². The van der Waals surface area contributed by atoms with Gasteiger partial charge in [0, 0.05) is 31.4 Å². The summed E-state index contributed by atoms with van der Waals surface area (Å²) in [5.41, 5.74) is 4.76. The smallest absolute Gasteiger partial charge is 0.462 e. The number of Topliss-reactive ketones (excluding diaryl/α,β-unsaturated/α-hetero) is 1. The van der Waals surface area contributed by atoms with Gasteiger partial charge in [-0.2, -0.15) is 9.29 Å². The van der Waals surface area contributed by atoms with Gasteiger partial charge in [0.1, 0.15) is 36.6 Å². The molecule has 0 radical (unpaired) electrons. The topological polar surface area (TPSA) is 323 Å². The molecule has 2 unspecified atom stereocenters. The molecular formula is C52H91N3O18P2. The van der Waals surface area contributed by atoms with Crippen LogP contribution in [0.1, 0.15) is 200 Å². The number of cyclic esters (lactones) is 1. The van der Waals surface area contributed by atoms with Crippen molar-refractivity contribution in [3.05, 3.63) is 34.9 Å². The van der Waals surface area contributed by atoms with Crippen molar-refractivity contribution < 1.29 is 81.3 Å². The number of nitrogens with zero attached hydrogens (tertiary/aromatic N) is 2. The van der Waals surface area contributed by atoms with E-state index in [0.29, 0.717) is 44.9 Å². The van der Waals surface area contributed by atoms with Crippen molar-refractivity contribution in [3.8, 4) is 0 Å². The number of hydrogen-bond acceptors (Lipinski definition) is 18. The van der Waals surface area contributed by atoms with Crippen LogP contribution in [0.4, 0.5) is 5.82 Å². The SMILES string of the molecule is CCCCC[C@H](O)/C=C/[C@@H]1[C@H](O)[C@H](O)[C@H]2COP(=O)(O)OP(=O)(O)OC[C@H](OC(=O)CCCCCCCCCCCCCCCCC(C)C)COC(=O)CCCCCC[C@@H](C(=O)C[C@H]1O)[C@H](n1ccc(N)nc1=O)O2.